The minimum atomic E-state index is -4.44. The molecule has 2 heterocycles. The lowest BCUT2D eigenvalue weighted by molar-refractivity contribution is -0.137. The number of nitrogens with zero attached hydrogens (tertiary/aromatic N) is 4. The van der Waals surface area contributed by atoms with Crippen molar-refractivity contribution in [1.82, 2.24) is 14.9 Å². The lowest BCUT2D eigenvalue weighted by Crippen LogP contribution is -2.50. The first kappa shape index (κ1) is 24.5. The monoisotopic (exact) mass is 484 g/mol. The second-order valence-corrected chi connectivity index (χ2v) is 8.34. The van der Waals surface area contributed by atoms with Gasteiger partial charge in [0.1, 0.15) is 11.6 Å². The molecular weight excluding hydrogens is 457 g/mol. The highest BCUT2D eigenvalue weighted by molar-refractivity contribution is 5.78. The maximum Gasteiger partial charge on any atom is 0.416 e. The molecular formula is C26H27F3N4O2. The number of ether oxygens (including phenoxy) is 1. The Labute approximate surface area is 202 Å². The fourth-order valence-electron chi connectivity index (χ4n) is 4.14. The minimum absolute atomic E-state index is 0.0312. The van der Waals surface area contributed by atoms with Gasteiger partial charge in [-0.3, -0.25) is 4.79 Å². The number of hydrogen-bond donors (Lipinski definition) is 0. The summed E-state index contributed by atoms with van der Waals surface area (Å²) in [5, 5.41) is 0. The summed E-state index contributed by atoms with van der Waals surface area (Å²) in [6.45, 7) is 5.94. The van der Waals surface area contributed by atoms with E-state index in [4.69, 9.17) is 4.74 Å². The zero-order valence-electron chi connectivity index (χ0n) is 19.7. The second kappa shape index (κ2) is 10.3. The Morgan fingerprint density at radius 2 is 1.71 bits per heavy atom. The summed E-state index contributed by atoms with van der Waals surface area (Å²) in [6, 6.07) is 14.2. The molecule has 4 rings (SSSR count). The van der Waals surface area contributed by atoms with Crippen LogP contribution in [0.25, 0.3) is 11.4 Å². The molecule has 1 amide bonds. The average Bonchev–Trinajstić information content (AvgIpc) is 2.87. The molecule has 1 saturated heterocycles. The minimum Gasteiger partial charge on any atom is -0.484 e. The van der Waals surface area contributed by atoms with Crippen molar-refractivity contribution in [3.8, 4) is 17.1 Å². The largest absolute Gasteiger partial charge is 0.484 e. The Kier molecular flexibility index (Phi) is 7.23. The molecule has 2 aromatic carbocycles. The van der Waals surface area contributed by atoms with Crippen LogP contribution in [0.2, 0.25) is 0 Å². The van der Waals surface area contributed by atoms with Crippen molar-refractivity contribution >= 4 is 11.7 Å². The number of para-hydroxylation sites is 1. The van der Waals surface area contributed by atoms with Crippen molar-refractivity contribution in [2.24, 2.45) is 0 Å². The van der Waals surface area contributed by atoms with Gasteiger partial charge >= 0.3 is 6.18 Å². The third-order valence-electron chi connectivity index (χ3n) is 6.03. The predicted octanol–water partition coefficient (Wildman–Crippen LogP) is 4.76. The van der Waals surface area contributed by atoms with E-state index < -0.39 is 11.7 Å². The molecule has 6 nitrogen and oxygen atoms in total. The number of piperazine rings is 1. The lowest BCUT2D eigenvalue weighted by atomic mass is 10.1. The van der Waals surface area contributed by atoms with Crippen LogP contribution < -0.4 is 9.64 Å². The Morgan fingerprint density at radius 1 is 1.00 bits per heavy atom. The first-order valence-corrected chi connectivity index (χ1v) is 11.5. The van der Waals surface area contributed by atoms with Crippen molar-refractivity contribution in [2.75, 3.05) is 37.7 Å². The number of aromatic nitrogens is 2. The summed E-state index contributed by atoms with van der Waals surface area (Å²) in [7, 11) is 0. The van der Waals surface area contributed by atoms with E-state index >= 15 is 0 Å². The molecule has 1 aliphatic heterocycles. The number of carbonyl (C=O) groups excluding carboxylic acids is 1. The van der Waals surface area contributed by atoms with Crippen molar-refractivity contribution in [1.29, 1.82) is 0 Å². The van der Waals surface area contributed by atoms with Gasteiger partial charge in [0.05, 0.1) is 5.56 Å². The number of anilines is 1. The van der Waals surface area contributed by atoms with Gasteiger partial charge in [0.25, 0.3) is 5.91 Å². The number of rotatable bonds is 6. The van der Waals surface area contributed by atoms with Crippen LogP contribution in [0.1, 0.15) is 23.7 Å². The van der Waals surface area contributed by atoms with Crippen LogP contribution in [0, 0.1) is 6.92 Å². The Balaban J connectivity index is 1.49. The molecule has 0 spiro atoms. The van der Waals surface area contributed by atoms with Gasteiger partial charge in [0.2, 0.25) is 0 Å². The van der Waals surface area contributed by atoms with Gasteiger partial charge in [-0.15, -0.1) is 0 Å². The van der Waals surface area contributed by atoms with Crippen LogP contribution in [0.4, 0.5) is 19.0 Å². The Morgan fingerprint density at radius 3 is 2.37 bits per heavy atom. The van der Waals surface area contributed by atoms with Crippen LogP contribution in [0.5, 0.6) is 5.75 Å². The van der Waals surface area contributed by atoms with Gasteiger partial charge < -0.3 is 14.5 Å². The summed E-state index contributed by atoms with van der Waals surface area (Å²) in [5.41, 5.74) is 1.27. The van der Waals surface area contributed by atoms with Gasteiger partial charge in [-0.05, 0) is 37.6 Å². The first-order chi connectivity index (χ1) is 16.8. The van der Waals surface area contributed by atoms with E-state index in [0.717, 1.165) is 23.4 Å². The average molecular weight is 485 g/mol. The summed E-state index contributed by atoms with van der Waals surface area (Å²) < 4.78 is 45.2. The van der Waals surface area contributed by atoms with E-state index in [1.165, 1.54) is 6.07 Å². The molecule has 1 aliphatic rings. The molecule has 0 N–H and O–H groups in total. The molecule has 0 unspecified atom stereocenters. The zero-order chi connectivity index (χ0) is 25.0. The number of benzene rings is 2. The number of carbonyl (C=O) groups is 1. The summed E-state index contributed by atoms with van der Waals surface area (Å²) in [6.07, 6.45) is -3.75. The van der Waals surface area contributed by atoms with E-state index in [0.29, 0.717) is 49.7 Å². The van der Waals surface area contributed by atoms with E-state index in [1.807, 2.05) is 32.0 Å². The summed E-state index contributed by atoms with van der Waals surface area (Å²) in [5.74, 6) is 1.52. The Hall–Kier alpha value is -3.62. The van der Waals surface area contributed by atoms with Crippen LogP contribution in [0.15, 0.2) is 54.6 Å². The summed E-state index contributed by atoms with van der Waals surface area (Å²) >= 11 is 0. The molecule has 0 radical (unpaired) electrons. The van der Waals surface area contributed by atoms with Crippen LogP contribution in [0.3, 0.4) is 0 Å². The molecule has 0 atom stereocenters. The number of aryl methyl sites for hydroxylation is 1. The second-order valence-electron chi connectivity index (χ2n) is 8.34. The summed E-state index contributed by atoms with van der Waals surface area (Å²) in [4.78, 5) is 25.6. The molecule has 0 bridgehead atoms. The maximum absolute atomic E-state index is 13.2. The van der Waals surface area contributed by atoms with Gasteiger partial charge in [-0.1, -0.05) is 37.3 Å². The molecule has 3 aromatic rings. The van der Waals surface area contributed by atoms with Gasteiger partial charge in [0.15, 0.2) is 12.4 Å². The van der Waals surface area contributed by atoms with Gasteiger partial charge in [-0.2, -0.15) is 13.2 Å². The number of alkyl halides is 3. The molecule has 1 fully saturated rings. The Bertz CT molecular complexity index is 1180. The quantitative estimate of drug-likeness (QED) is 0.505. The number of halogens is 3. The van der Waals surface area contributed by atoms with Crippen molar-refractivity contribution in [2.45, 2.75) is 26.4 Å². The standard InChI is InChI=1S/C26H27F3N4O2/c1-3-22-18(2)30-24(19-8-7-9-20(16-19)26(27,28)29)31-25(22)33-14-12-32(13-15-33)23(34)17-35-21-10-5-4-6-11-21/h4-11,16H,3,12-15,17H2,1-2H3. The van der Waals surface area contributed by atoms with Gasteiger partial charge in [0, 0.05) is 43.0 Å². The molecule has 184 valence electrons. The fourth-order valence-corrected chi connectivity index (χ4v) is 4.14. The molecule has 9 heteroatoms. The lowest BCUT2D eigenvalue weighted by Gasteiger charge is -2.36. The van der Waals surface area contributed by atoms with Crippen molar-refractivity contribution in [3.05, 3.63) is 71.4 Å². The van der Waals surface area contributed by atoms with E-state index in [1.54, 1.807) is 23.1 Å². The van der Waals surface area contributed by atoms with E-state index in [9.17, 15) is 18.0 Å². The maximum atomic E-state index is 13.2. The van der Waals surface area contributed by atoms with Crippen LogP contribution in [-0.2, 0) is 17.4 Å². The predicted molar refractivity (Wildman–Crippen MR) is 127 cm³/mol. The highest BCUT2D eigenvalue weighted by Gasteiger charge is 2.31. The fraction of sp³-hybridized carbons (Fsp3) is 0.346. The highest BCUT2D eigenvalue weighted by Crippen LogP contribution is 2.32. The zero-order valence-corrected chi connectivity index (χ0v) is 19.7. The highest BCUT2D eigenvalue weighted by atomic mass is 19.4. The molecule has 35 heavy (non-hydrogen) atoms. The van der Waals surface area contributed by atoms with Crippen LogP contribution >= 0.6 is 0 Å². The van der Waals surface area contributed by atoms with Gasteiger partial charge in [-0.25, -0.2) is 9.97 Å². The smallest absolute Gasteiger partial charge is 0.416 e. The SMILES string of the molecule is CCc1c(C)nc(-c2cccc(C(F)(F)F)c2)nc1N1CCN(C(=O)COc2ccccc2)CC1. The molecule has 0 aliphatic carbocycles. The third kappa shape index (κ3) is 5.72. The third-order valence-corrected chi connectivity index (χ3v) is 6.03. The van der Waals surface area contributed by atoms with Crippen LogP contribution in [-0.4, -0.2) is 53.6 Å². The first-order valence-electron chi connectivity index (χ1n) is 11.5. The topological polar surface area (TPSA) is 58.6 Å². The van der Waals surface area contributed by atoms with E-state index in [-0.39, 0.29) is 18.3 Å². The van der Waals surface area contributed by atoms with Crippen molar-refractivity contribution < 1.29 is 22.7 Å². The number of hydrogen-bond acceptors (Lipinski definition) is 5. The number of amides is 1. The van der Waals surface area contributed by atoms with E-state index in [2.05, 4.69) is 14.9 Å². The molecule has 0 saturated carbocycles. The molecule has 1 aromatic heterocycles. The van der Waals surface area contributed by atoms with Crippen molar-refractivity contribution in [3.63, 3.8) is 0 Å². The normalized spacial score (nSPS) is 14.2.